The lowest BCUT2D eigenvalue weighted by Crippen LogP contribution is -2.44. The topological polar surface area (TPSA) is 38.1 Å². The van der Waals surface area contributed by atoms with Gasteiger partial charge >= 0.3 is 0 Å². The highest BCUT2D eigenvalue weighted by molar-refractivity contribution is 5.76. The Morgan fingerprint density at radius 2 is 1.95 bits per heavy atom. The van der Waals surface area contributed by atoms with E-state index in [1.165, 1.54) is 0 Å². The standard InChI is InChI=1S/C15H27N3O/c1-11(2)17(10-15(5,6)7)14(19)9-18-13(4)8-12(3)16-18/h8,11H,9-10H2,1-7H3. The third kappa shape index (κ3) is 4.69. The molecule has 1 amide bonds. The van der Waals surface area contributed by atoms with E-state index >= 15 is 0 Å². The van der Waals surface area contributed by atoms with E-state index in [-0.39, 0.29) is 17.4 Å². The summed E-state index contributed by atoms with van der Waals surface area (Å²) in [6.45, 7) is 15.6. The van der Waals surface area contributed by atoms with Gasteiger partial charge in [-0.25, -0.2) is 0 Å². The molecule has 0 aliphatic rings. The Bertz CT molecular complexity index is 441. The average Bonchev–Trinajstić information content (AvgIpc) is 2.52. The van der Waals surface area contributed by atoms with Crippen LogP contribution >= 0.6 is 0 Å². The number of nitrogens with zero attached hydrogens (tertiary/aromatic N) is 3. The maximum Gasteiger partial charge on any atom is 0.244 e. The Hall–Kier alpha value is -1.32. The maximum atomic E-state index is 12.5. The van der Waals surface area contributed by atoms with Gasteiger partial charge in [-0.1, -0.05) is 20.8 Å². The van der Waals surface area contributed by atoms with E-state index in [9.17, 15) is 4.79 Å². The van der Waals surface area contributed by atoms with Crippen LogP contribution in [0.2, 0.25) is 0 Å². The molecule has 0 fully saturated rings. The molecule has 1 heterocycles. The molecule has 0 aliphatic carbocycles. The number of aryl methyl sites for hydroxylation is 2. The first-order chi connectivity index (χ1) is 8.60. The molecular formula is C15H27N3O. The maximum absolute atomic E-state index is 12.5. The van der Waals surface area contributed by atoms with Crippen LogP contribution in [0.5, 0.6) is 0 Å². The van der Waals surface area contributed by atoms with Crippen LogP contribution in [0, 0.1) is 19.3 Å². The number of hydrogen-bond acceptors (Lipinski definition) is 2. The highest BCUT2D eigenvalue weighted by Gasteiger charge is 2.23. The van der Waals surface area contributed by atoms with Crippen LogP contribution in [0.15, 0.2) is 6.07 Å². The van der Waals surface area contributed by atoms with Gasteiger partial charge in [-0.15, -0.1) is 0 Å². The van der Waals surface area contributed by atoms with Crippen molar-refractivity contribution < 1.29 is 4.79 Å². The van der Waals surface area contributed by atoms with Crippen LogP contribution in [0.3, 0.4) is 0 Å². The molecular weight excluding hydrogens is 238 g/mol. The van der Waals surface area contributed by atoms with E-state index < -0.39 is 0 Å². The number of amides is 1. The Labute approximate surface area is 116 Å². The lowest BCUT2D eigenvalue weighted by molar-refractivity contribution is -0.135. The molecule has 0 radical (unpaired) electrons. The number of aromatic nitrogens is 2. The van der Waals surface area contributed by atoms with Gasteiger partial charge in [-0.05, 0) is 39.2 Å². The van der Waals surface area contributed by atoms with Gasteiger partial charge in [0.05, 0.1) is 5.69 Å². The van der Waals surface area contributed by atoms with Gasteiger partial charge in [-0.2, -0.15) is 5.10 Å². The molecule has 0 aliphatic heterocycles. The van der Waals surface area contributed by atoms with Crippen molar-refractivity contribution in [2.45, 2.75) is 61.1 Å². The van der Waals surface area contributed by atoms with Crippen molar-refractivity contribution in [1.29, 1.82) is 0 Å². The second-order valence-electron chi connectivity index (χ2n) is 6.76. The molecule has 0 unspecified atom stereocenters. The molecule has 108 valence electrons. The summed E-state index contributed by atoms with van der Waals surface area (Å²) in [5.74, 6) is 0.135. The lowest BCUT2D eigenvalue weighted by Gasteiger charge is -2.33. The minimum atomic E-state index is 0.106. The van der Waals surface area contributed by atoms with E-state index in [4.69, 9.17) is 0 Å². The fourth-order valence-corrected chi connectivity index (χ4v) is 2.12. The van der Waals surface area contributed by atoms with Crippen molar-refractivity contribution in [2.75, 3.05) is 6.54 Å². The van der Waals surface area contributed by atoms with Crippen LogP contribution in [-0.4, -0.2) is 33.2 Å². The van der Waals surface area contributed by atoms with Gasteiger partial charge in [0.1, 0.15) is 6.54 Å². The van der Waals surface area contributed by atoms with Crippen LogP contribution in [0.4, 0.5) is 0 Å². The zero-order valence-electron chi connectivity index (χ0n) is 13.3. The normalized spacial score (nSPS) is 12.0. The van der Waals surface area contributed by atoms with Gasteiger partial charge in [0.2, 0.25) is 5.91 Å². The first kappa shape index (κ1) is 15.7. The van der Waals surface area contributed by atoms with E-state index in [2.05, 4.69) is 39.7 Å². The average molecular weight is 265 g/mol. The molecule has 4 heteroatoms. The first-order valence-electron chi connectivity index (χ1n) is 6.90. The predicted molar refractivity (Wildman–Crippen MR) is 78.0 cm³/mol. The molecule has 0 N–H and O–H groups in total. The fraction of sp³-hybridized carbons (Fsp3) is 0.733. The van der Waals surface area contributed by atoms with Crippen LogP contribution < -0.4 is 0 Å². The van der Waals surface area contributed by atoms with E-state index in [0.29, 0.717) is 6.54 Å². The monoisotopic (exact) mass is 265 g/mol. The van der Waals surface area contributed by atoms with Gasteiger partial charge in [-0.3, -0.25) is 9.48 Å². The number of carbonyl (C=O) groups excluding carboxylic acids is 1. The summed E-state index contributed by atoms with van der Waals surface area (Å²) >= 11 is 0. The third-order valence-electron chi connectivity index (χ3n) is 2.98. The quantitative estimate of drug-likeness (QED) is 0.839. The van der Waals surface area contributed by atoms with Gasteiger partial charge in [0, 0.05) is 18.3 Å². The summed E-state index contributed by atoms with van der Waals surface area (Å²) in [5.41, 5.74) is 2.09. The minimum absolute atomic E-state index is 0.106. The number of rotatable bonds is 4. The van der Waals surface area contributed by atoms with Crippen molar-refractivity contribution in [2.24, 2.45) is 5.41 Å². The van der Waals surface area contributed by atoms with Crippen LogP contribution in [0.25, 0.3) is 0 Å². The molecule has 19 heavy (non-hydrogen) atoms. The highest BCUT2D eigenvalue weighted by Crippen LogP contribution is 2.17. The van der Waals surface area contributed by atoms with E-state index in [1.54, 1.807) is 4.68 Å². The van der Waals surface area contributed by atoms with Crippen molar-refractivity contribution >= 4 is 5.91 Å². The van der Waals surface area contributed by atoms with Crippen molar-refractivity contribution in [3.63, 3.8) is 0 Å². The number of hydrogen-bond donors (Lipinski definition) is 0. The summed E-state index contributed by atoms with van der Waals surface area (Å²) in [6.07, 6.45) is 0. The summed E-state index contributed by atoms with van der Waals surface area (Å²) in [7, 11) is 0. The SMILES string of the molecule is Cc1cc(C)n(CC(=O)N(CC(C)(C)C)C(C)C)n1. The second kappa shape index (κ2) is 5.76. The molecule has 0 aromatic carbocycles. The van der Waals surface area contributed by atoms with Gasteiger partial charge in [0.15, 0.2) is 0 Å². The van der Waals surface area contributed by atoms with Gasteiger partial charge < -0.3 is 4.90 Å². The number of carbonyl (C=O) groups is 1. The summed E-state index contributed by atoms with van der Waals surface area (Å²) in [6, 6.07) is 2.21. The van der Waals surface area contributed by atoms with Gasteiger partial charge in [0.25, 0.3) is 0 Å². The Kier molecular flexibility index (Phi) is 4.77. The Morgan fingerprint density at radius 1 is 1.37 bits per heavy atom. The van der Waals surface area contributed by atoms with Crippen LogP contribution in [0.1, 0.15) is 46.0 Å². The van der Waals surface area contributed by atoms with Crippen molar-refractivity contribution in [3.05, 3.63) is 17.5 Å². The smallest absolute Gasteiger partial charge is 0.244 e. The van der Waals surface area contributed by atoms with E-state index in [0.717, 1.165) is 17.9 Å². The molecule has 0 atom stereocenters. The molecule has 0 saturated carbocycles. The summed E-state index contributed by atoms with van der Waals surface area (Å²) in [5, 5.41) is 4.36. The Balaban J connectivity index is 2.81. The molecule has 1 aromatic heterocycles. The second-order valence-corrected chi connectivity index (χ2v) is 6.76. The summed E-state index contributed by atoms with van der Waals surface area (Å²) < 4.78 is 1.79. The Morgan fingerprint density at radius 3 is 2.32 bits per heavy atom. The first-order valence-corrected chi connectivity index (χ1v) is 6.90. The highest BCUT2D eigenvalue weighted by atomic mass is 16.2. The zero-order chi connectivity index (χ0) is 14.8. The van der Waals surface area contributed by atoms with Crippen LogP contribution in [-0.2, 0) is 11.3 Å². The predicted octanol–water partition coefficient (Wildman–Crippen LogP) is 2.78. The molecule has 0 bridgehead atoms. The largest absolute Gasteiger partial charge is 0.338 e. The molecule has 4 nitrogen and oxygen atoms in total. The summed E-state index contributed by atoms with van der Waals surface area (Å²) in [4.78, 5) is 14.4. The molecule has 0 saturated heterocycles. The van der Waals surface area contributed by atoms with Crippen molar-refractivity contribution in [1.82, 2.24) is 14.7 Å². The molecule has 0 spiro atoms. The fourth-order valence-electron chi connectivity index (χ4n) is 2.12. The van der Waals surface area contributed by atoms with Crippen molar-refractivity contribution in [3.8, 4) is 0 Å². The molecule has 1 aromatic rings. The lowest BCUT2D eigenvalue weighted by atomic mass is 9.95. The third-order valence-corrected chi connectivity index (χ3v) is 2.98. The van der Waals surface area contributed by atoms with E-state index in [1.807, 2.05) is 24.8 Å². The molecule has 1 rings (SSSR count). The zero-order valence-corrected chi connectivity index (χ0v) is 13.3. The minimum Gasteiger partial charge on any atom is -0.338 e.